The Hall–Kier alpha value is -1.54. The smallest absolute Gasteiger partial charge is 0.320 e. The number of amides is 1. The van der Waals surface area contributed by atoms with Crippen molar-refractivity contribution < 1.29 is 14.7 Å². The van der Waals surface area contributed by atoms with Crippen LogP contribution in [0.1, 0.15) is 38.5 Å². The Morgan fingerprint density at radius 2 is 2.00 bits per heavy atom. The third-order valence-corrected chi connectivity index (χ3v) is 4.51. The highest BCUT2D eigenvalue weighted by molar-refractivity contribution is 5.80. The van der Waals surface area contributed by atoms with E-state index in [1.807, 2.05) is 4.90 Å². The zero-order valence-corrected chi connectivity index (χ0v) is 11.7. The number of terminal acetylenes is 1. The summed E-state index contributed by atoms with van der Waals surface area (Å²) in [7, 11) is 0. The fourth-order valence-electron chi connectivity index (χ4n) is 3.59. The minimum Gasteiger partial charge on any atom is -0.480 e. The van der Waals surface area contributed by atoms with Crippen LogP contribution in [0.4, 0.5) is 0 Å². The maximum atomic E-state index is 11.9. The topological polar surface area (TPSA) is 69.6 Å². The van der Waals surface area contributed by atoms with Gasteiger partial charge in [-0.15, -0.1) is 6.42 Å². The molecule has 0 bridgehead atoms. The van der Waals surface area contributed by atoms with Crippen molar-refractivity contribution in [2.45, 2.75) is 50.6 Å². The van der Waals surface area contributed by atoms with Gasteiger partial charge in [0.2, 0.25) is 5.91 Å². The van der Waals surface area contributed by atoms with E-state index < -0.39 is 12.0 Å². The molecule has 2 N–H and O–H groups in total. The first-order valence-corrected chi connectivity index (χ1v) is 7.32. The molecule has 1 amide bonds. The average molecular weight is 278 g/mol. The van der Waals surface area contributed by atoms with E-state index in [-0.39, 0.29) is 25.0 Å². The fraction of sp³-hybridized carbons (Fsp3) is 0.733. The van der Waals surface area contributed by atoms with Crippen LogP contribution in [0.5, 0.6) is 0 Å². The summed E-state index contributed by atoms with van der Waals surface area (Å²) >= 11 is 0. The summed E-state index contributed by atoms with van der Waals surface area (Å²) in [6, 6.07) is -0.305. The molecule has 0 aromatic rings. The van der Waals surface area contributed by atoms with E-state index in [1.54, 1.807) is 0 Å². The fourth-order valence-corrected chi connectivity index (χ4v) is 3.59. The molecule has 3 atom stereocenters. The van der Waals surface area contributed by atoms with Crippen molar-refractivity contribution in [1.29, 1.82) is 0 Å². The molecule has 0 aromatic heterocycles. The second-order valence-electron chi connectivity index (χ2n) is 5.70. The van der Waals surface area contributed by atoms with E-state index in [1.165, 1.54) is 6.42 Å². The number of piperidine rings is 1. The van der Waals surface area contributed by atoms with Crippen molar-refractivity contribution in [2.75, 3.05) is 13.1 Å². The van der Waals surface area contributed by atoms with Gasteiger partial charge in [0.05, 0.1) is 13.1 Å². The summed E-state index contributed by atoms with van der Waals surface area (Å²) in [5.74, 6) is 1.90. The number of carbonyl (C=O) groups is 2. The van der Waals surface area contributed by atoms with Gasteiger partial charge < -0.3 is 10.4 Å². The molecule has 1 saturated heterocycles. The van der Waals surface area contributed by atoms with Crippen LogP contribution in [0.25, 0.3) is 0 Å². The lowest BCUT2D eigenvalue weighted by atomic mass is 9.76. The van der Waals surface area contributed by atoms with Crippen LogP contribution in [0.3, 0.4) is 0 Å². The molecule has 110 valence electrons. The molecule has 2 rings (SSSR count). The highest BCUT2D eigenvalue weighted by atomic mass is 16.4. The molecule has 2 fully saturated rings. The molecule has 1 heterocycles. The second kappa shape index (κ2) is 6.76. The van der Waals surface area contributed by atoms with Crippen LogP contribution in [-0.2, 0) is 9.59 Å². The van der Waals surface area contributed by atoms with Gasteiger partial charge in [0.1, 0.15) is 6.04 Å². The van der Waals surface area contributed by atoms with Crippen molar-refractivity contribution in [1.82, 2.24) is 10.2 Å². The second-order valence-corrected chi connectivity index (χ2v) is 5.70. The van der Waals surface area contributed by atoms with Crippen LogP contribution in [0.15, 0.2) is 0 Å². The van der Waals surface area contributed by atoms with E-state index in [4.69, 9.17) is 6.42 Å². The van der Waals surface area contributed by atoms with Gasteiger partial charge in [0.15, 0.2) is 0 Å². The Morgan fingerprint density at radius 3 is 2.70 bits per heavy atom. The number of carboxylic acid groups (broad SMARTS) is 1. The lowest BCUT2D eigenvalue weighted by molar-refractivity contribution is -0.149. The van der Waals surface area contributed by atoms with E-state index in [9.17, 15) is 14.7 Å². The molecular formula is C15H22N2O3. The molecule has 1 aliphatic heterocycles. The molecule has 0 radical (unpaired) electrons. The van der Waals surface area contributed by atoms with Gasteiger partial charge in [0, 0.05) is 6.04 Å². The highest BCUT2D eigenvalue weighted by Crippen LogP contribution is 2.37. The van der Waals surface area contributed by atoms with Crippen LogP contribution >= 0.6 is 0 Å². The van der Waals surface area contributed by atoms with Crippen LogP contribution in [0.2, 0.25) is 0 Å². The van der Waals surface area contributed by atoms with Gasteiger partial charge in [0.25, 0.3) is 0 Å². The first kappa shape index (κ1) is 14.9. The van der Waals surface area contributed by atoms with Gasteiger partial charge in [-0.25, -0.2) is 0 Å². The maximum Gasteiger partial charge on any atom is 0.320 e. The van der Waals surface area contributed by atoms with Crippen molar-refractivity contribution in [2.24, 2.45) is 5.92 Å². The van der Waals surface area contributed by atoms with E-state index >= 15 is 0 Å². The molecular weight excluding hydrogens is 256 g/mol. The molecule has 0 spiro atoms. The lowest BCUT2D eigenvalue weighted by Gasteiger charge is -2.46. The standard InChI is InChI=1S/C15H22N2O3/c1-2-9-16-14(18)10-17-12-6-4-3-5-11(12)7-8-13(17)15(19)20/h1,11-13H,3-10H2,(H,16,18)(H,19,20). The summed E-state index contributed by atoms with van der Waals surface area (Å²) in [6.07, 6.45) is 11.2. The third-order valence-electron chi connectivity index (χ3n) is 4.51. The van der Waals surface area contributed by atoms with Crippen LogP contribution < -0.4 is 5.32 Å². The Balaban J connectivity index is 2.07. The predicted octanol–water partition coefficient (Wildman–Crippen LogP) is 0.844. The maximum absolute atomic E-state index is 11.9. The largest absolute Gasteiger partial charge is 0.480 e. The minimum absolute atomic E-state index is 0.139. The third kappa shape index (κ3) is 3.31. The molecule has 1 aliphatic carbocycles. The van der Waals surface area contributed by atoms with Gasteiger partial charge in [-0.2, -0.15) is 0 Å². The Bertz CT molecular complexity index is 416. The monoisotopic (exact) mass is 278 g/mol. The van der Waals surface area contributed by atoms with Crippen LogP contribution in [-0.4, -0.2) is 47.1 Å². The Labute approximate surface area is 119 Å². The zero-order chi connectivity index (χ0) is 14.5. The Kier molecular flexibility index (Phi) is 5.02. The summed E-state index contributed by atoms with van der Waals surface area (Å²) in [6.45, 7) is 0.332. The number of rotatable bonds is 4. The predicted molar refractivity (Wildman–Crippen MR) is 75.0 cm³/mol. The molecule has 1 saturated carbocycles. The summed E-state index contributed by atoms with van der Waals surface area (Å²) in [5, 5.41) is 12.0. The van der Waals surface area contributed by atoms with Gasteiger partial charge in [-0.1, -0.05) is 18.8 Å². The summed E-state index contributed by atoms with van der Waals surface area (Å²) in [4.78, 5) is 25.2. The van der Waals surface area contributed by atoms with Crippen LogP contribution in [0, 0.1) is 18.3 Å². The van der Waals surface area contributed by atoms with Gasteiger partial charge in [-0.3, -0.25) is 14.5 Å². The van der Waals surface area contributed by atoms with E-state index in [0.717, 1.165) is 25.7 Å². The molecule has 20 heavy (non-hydrogen) atoms. The number of nitrogens with zero attached hydrogens (tertiary/aromatic N) is 1. The SMILES string of the molecule is C#CCNC(=O)CN1C(C(=O)O)CCC2CCCCC21. The first-order valence-electron chi connectivity index (χ1n) is 7.32. The van der Waals surface area contributed by atoms with Gasteiger partial charge in [-0.05, 0) is 31.6 Å². The molecule has 5 heteroatoms. The highest BCUT2D eigenvalue weighted by Gasteiger charge is 2.41. The zero-order valence-electron chi connectivity index (χ0n) is 11.7. The number of aliphatic carboxylic acids is 1. The van der Waals surface area contributed by atoms with E-state index in [0.29, 0.717) is 12.3 Å². The summed E-state index contributed by atoms with van der Waals surface area (Å²) < 4.78 is 0. The quantitative estimate of drug-likeness (QED) is 0.748. The van der Waals surface area contributed by atoms with Crippen molar-refractivity contribution in [3.05, 3.63) is 0 Å². The number of likely N-dealkylation sites (tertiary alicyclic amines) is 1. The number of hydrogen-bond donors (Lipinski definition) is 2. The molecule has 2 aliphatic rings. The van der Waals surface area contributed by atoms with E-state index in [2.05, 4.69) is 11.2 Å². The summed E-state index contributed by atoms with van der Waals surface area (Å²) in [5.41, 5.74) is 0. The van der Waals surface area contributed by atoms with Crippen molar-refractivity contribution in [3.63, 3.8) is 0 Å². The van der Waals surface area contributed by atoms with Crippen molar-refractivity contribution >= 4 is 11.9 Å². The number of carbonyl (C=O) groups excluding carboxylic acids is 1. The van der Waals surface area contributed by atoms with Gasteiger partial charge >= 0.3 is 5.97 Å². The molecule has 5 nitrogen and oxygen atoms in total. The lowest BCUT2D eigenvalue weighted by Crippen LogP contribution is -2.57. The Morgan fingerprint density at radius 1 is 1.25 bits per heavy atom. The number of hydrogen-bond acceptors (Lipinski definition) is 3. The molecule has 3 unspecified atom stereocenters. The normalized spacial score (nSPS) is 30.1. The number of nitrogens with one attached hydrogen (secondary N) is 1. The van der Waals surface area contributed by atoms with Crippen molar-refractivity contribution in [3.8, 4) is 12.3 Å². The number of fused-ring (bicyclic) bond motifs is 1. The molecule has 0 aromatic carbocycles. The first-order chi connectivity index (χ1) is 9.63. The average Bonchev–Trinajstić information content (AvgIpc) is 2.45. The minimum atomic E-state index is -0.821. The number of carboxylic acids is 1.